The van der Waals surface area contributed by atoms with Gasteiger partial charge in [-0.1, -0.05) is 22.9 Å². The van der Waals surface area contributed by atoms with E-state index in [2.05, 4.69) is 63.5 Å². The van der Waals surface area contributed by atoms with Gasteiger partial charge in [0.2, 0.25) is 0 Å². The normalized spacial score (nSPS) is 12.7. The predicted octanol–water partition coefficient (Wildman–Crippen LogP) is 3.71. The number of halogens is 1. The first-order chi connectivity index (χ1) is 9.52. The van der Waals surface area contributed by atoms with Crippen LogP contribution in [0.25, 0.3) is 0 Å². The molecule has 1 atom stereocenters. The standard InChI is InChI=1S/C14H19BrN4S/c1-5-16-9(2)12-8-11(15)6-7-13(12)20-14-18-17-10(3)19(14)4/h6-9,16H,5H2,1-4H3. The largest absolute Gasteiger partial charge is 0.310 e. The average molecular weight is 355 g/mol. The fraction of sp³-hybridized carbons (Fsp3) is 0.429. The van der Waals surface area contributed by atoms with Crippen molar-refractivity contribution in [3.8, 4) is 0 Å². The minimum Gasteiger partial charge on any atom is -0.310 e. The minimum absolute atomic E-state index is 0.300. The summed E-state index contributed by atoms with van der Waals surface area (Å²) < 4.78 is 3.10. The first-order valence-electron chi connectivity index (χ1n) is 6.59. The molecule has 1 N–H and O–H groups in total. The number of nitrogens with zero attached hydrogens (tertiary/aromatic N) is 3. The summed E-state index contributed by atoms with van der Waals surface area (Å²) in [5.74, 6) is 0.922. The molecule has 1 aromatic carbocycles. The Morgan fingerprint density at radius 3 is 2.75 bits per heavy atom. The summed E-state index contributed by atoms with van der Waals surface area (Å²) in [6, 6.07) is 6.66. The molecule has 20 heavy (non-hydrogen) atoms. The molecular formula is C14H19BrN4S. The summed E-state index contributed by atoms with van der Waals surface area (Å²) >= 11 is 5.20. The van der Waals surface area contributed by atoms with E-state index < -0.39 is 0 Å². The van der Waals surface area contributed by atoms with E-state index in [-0.39, 0.29) is 0 Å². The van der Waals surface area contributed by atoms with E-state index >= 15 is 0 Å². The molecule has 1 unspecified atom stereocenters. The topological polar surface area (TPSA) is 42.7 Å². The van der Waals surface area contributed by atoms with Crippen molar-refractivity contribution in [3.63, 3.8) is 0 Å². The Bertz CT molecular complexity index is 597. The second-order valence-corrected chi connectivity index (χ2v) is 6.58. The molecule has 2 rings (SSSR count). The Morgan fingerprint density at radius 2 is 2.15 bits per heavy atom. The van der Waals surface area contributed by atoms with Gasteiger partial charge < -0.3 is 9.88 Å². The van der Waals surface area contributed by atoms with Gasteiger partial charge in [-0.25, -0.2) is 0 Å². The Balaban J connectivity index is 2.33. The Hall–Kier alpha value is -0.850. The molecular weight excluding hydrogens is 336 g/mol. The SMILES string of the molecule is CCNC(C)c1cc(Br)ccc1Sc1nnc(C)n1C. The molecule has 0 saturated heterocycles. The van der Waals surface area contributed by atoms with Gasteiger partial charge in [-0.05, 0) is 55.9 Å². The van der Waals surface area contributed by atoms with E-state index in [0.29, 0.717) is 6.04 Å². The van der Waals surface area contributed by atoms with Gasteiger partial charge in [0, 0.05) is 22.5 Å². The smallest absolute Gasteiger partial charge is 0.195 e. The monoisotopic (exact) mass is 354 g/mol. The van der Waals surface area contributed by atoms with Crippen LogP contribution in [-0.2, 0) is 7.05 Å². The Morgan fingerprint density at radius 1 is 1.40 bits per heavy atom. The van der Waals surface area contributed by atoms with E-state index in [1.807, 2.05) is 18.5 Å². The zero-order valence-corrected chi connectivity index (χ0v) is 14.5. The van der Waals surface area contributed by atoms with Crippen molar-refractivity contribution in [2.45, 2.75) is 36.9 Å². The highest BCUT2D eigenvalue weighted by Crippen LogP contribution is 2.34. The van der Waals surface area contributed by atoms with E-state index in [9.17, 15) is 0 Å². The van der Waals surface area contributed by atoms with Crippen molar-refractivity contribution in [3.05, 3.63) is 34.1 Å². The third-order valence-corrected chi connectivity index (χ3v) is 4.83. The van der Waals surface area contributed by atoms with Crippen LogP contribution in [0.4, 0.5) is 0 Å². The summed E-state index contributed by atoms with van der Waals surface area (Å²) in [7, 11) is 1.99. The summed E-state index contributed by atoms with van der Waals surface area (Å²) in [5, 5.41) is 12.7. The molecule has 0 bridgehead atoms. The van der Waals surface area contributed by atoms with Crippen LogP contribution in [0.15, 0.2) is 32.7 Å². The number of aryl methyl sites for hydroxylation is 1. The maximum atomic E-state index is 4.22. The van der Waals surface area contributed by atoms with E-state index in [1.165, 1.54) is 10.5 Å². The summed E-state index contributed by atoms with van der Waals surface area (Å²) in [6.07, 6.45) is 0. The van der Waals surface area contributed by atoms with Gasteiger partial charge in [0.05, 0.1) is 0 Å². The van der Waals surface area contributed by atoms with Crippen LogP contribution in [-0.4, -0.2) is 21.3 Å². The molecule has 0 amide bonds. The highest BCUT2D eigenvalue weighted by molar-refractivity contribution is 9.10. The van der Waals surface area contributed by atoms with E-state index in [0.717, 1.165) is 22.0 Å². The second kappa shape index (κ2) is 6.74. The van der Waals surface area contributed by atoms with Crippen molar-refractivity contribution in [2.75, 3.05) is 6.54 Å². The molecule has 0 aliphatic heterocycles. The van der Waals surface area contributed by atoms with Crippen LogP contribution >= 0.6 is 27.7 Å². The van der Waals surface area contributed by atoms with Crippen LogP contribution in [0.2, 0.25) is 0 Å². The minimum atomic E-state index is 0.300. The number of nitrogens with one attached hydrogen (secondary N) is 1. The fourth-order valence-electron chi connectivity index (χ4n) is 1.94. The Labute approximate surface area is 132 Å². The molecule has 1 aromatic heterocycles. The predicted molar refractivity (Wildman–Crippen MR) is 86.1 cm³/mol. The van der Waals surface area contributed by atoms with Crippen molar-refractivity contribution in [2.24, 2.45) is 7.05 Å². The maximum absolute atomic E-state index is 4.22. The lowest BCUT2D eigenvalue weighted by atomic mass is 10.1. The van der Waals surface area contributed by atoms with Crippen LogP contribution in [0, 0.1) is 6.92 Å². The van der Waals surface area contributed by atoms with Crippen molar-refractivity contribution in [1.29, 1.82) is 0 Å². The number of rotatable bonds is 5. The number of aromatic nitrogens is 3. The highest BCUT2D eigenvalue weighted by Gasteiger charge is 2.14. The summed E-state index contributed by atoms with van der Waals surface area (Å²) in [6.45, 7) is 7.20. The molecule has 1 heterocycles. The number of benzene rings is 1. The van der Waals surface area contributed by atoms with Gasteiger partial charge in [-0.2, -0.15) is 0 Å². The zero-order valence-electron chi connectivity index (χ0n) is 12.1. The van der Waals surface area contributed by atoms with Gasteiger partial charge in [0.15, 0.2) is 5.16 Å². The van der Waals surface area contributed by atoms with Crippen LogP contribution in [0.5, 0.6) is 0 Å². The van der Waals surface area contributed by atoms with Crippen LogP contribution in [0.3, 0.4) is 0 Å². The molecule has 0 aliphatic carbocycles. The molecule has 0 fully saturated rings. The lowest BCUT2D eigenvalue weighted by molar-refractivity contribution is 0.589. The van der Waals surface area contributed by atoms with Gasteiger partial charge in [-0.3, -0.25) is 0 Å². The van der Waals surface area contributed by atoms with Gasteiger partial charge in [0.25, 0.3) is 0 Å². The van der Waals surface area contributed by atoms with Crippen molar-refractivity contribution < 1.29 is 0 Å². The van der Waals surface area contributed by atoms with Crippen molar-refractivity contribution in [1.82, 2.24) is 20.1 Å². The molecule has 0 radical (unpaired) electrons. The van der Waals surface area contributed by atoms with Crippen LogP contribution < -0.4 is 5.32 Å². The van der Waals surface area contributed by atoms with Gasteiger partial charge >= 0.3 is 0 Å². The van der Waals surface area contributed by atoms with Crippen LogP contribution in [0.1, 0.15) is 31.3 Å². The Kier molecular flexibility index (Phi) is 5.23. The zero-order chi connectivity index (χ0) is 14.7. The quantitative estimate of drug-likeness (QED) is 0.888. The third-order valence-electron chi connectivity index (χ3n) is 3.20. The van der Waals surface area contributed by atoms with E-state index in [1.54, 1.807) is 11.8 Å². The molecule has 2 aromatic rings. The molecule has 4 nitrogen and oxygen atoms in total. The lowest BCUT2D eigenvalue weighted by Crippen LogP contribution is -2.18. The van der Waals surface area contributed by atoms with E-state index in [4.69, 9.17) is 0 Å². The fourth-order valence-corrected chi connectivity index (χ4v) is 3.36. The lowest BCUT2D eigenvalue weighted by Gasteiger charge is -2.17. The summed E-state index contributed by atoms with van der Waals surface area (Å²) in [4.78, 5) is 1.21. The van der Waals surface area contributed by atoms with Gasteiger partial charge in [0.1, 0.15) is 5.82 Å². The first kappa shape index (κ1) is 15.5. The number of hydrogen-bond acceptors (Lipinski definition) is 4. The molecule has 0 aliphatic rings. The second-order valence-electron chi connectivity index (χ2n) is 4.65. The third kappa shape index (κ3) is 3.42. The highest BCUT2D eigenvalue weighted by atomic mass is 79.9. The molecule has 6 heteroatoms. The first-order valence-corrected chi connectivity index (χ1v) is 8.20. The molecule has 0 spiro atoms. The average Bonchev–Trinajstić information content (AvgIpc) is 2.73. The molecule has 108 valence electrons. The summed E-state index contributed by atoms with van der Waals surface area (Å²) in [5.41, 5.74) is 1.27. The van der Waals surface area contributed by atoms with Gasteiger partial charge in [-0.15, -0.1) is 10.2 Å². The number of hydrogen-bond donors (Lipinski definition) is 1. The van der Waals surface area contributed by atoms with Crippen molar-refractivity contribution >= 4 is 27.7 Å². The maximum Gasteiger partial charge on any atom is 0.195 e. The molecule has 0 saturated carbocycles.